The number of rotatable bonds is 4. The predicted octanol–water partition coefficient (Wildman–Crippen LogP) is 0.0480. The van der Waals surface area contributed by atoms with Crippen LogP contribution in [0.4, 0.5) is 5.82 Å². The minimum atomic E-state index is -0.582. The summed E-state index contributed by atoms with van der Waals surface area (Å²) in [6.07, 6.45) is 3.40. The zero-order chi connectivity index (χ0) is 13.8. The Hall–Kier alpha value is -1.96. The van der Waals surface area contributed by atoms with Crippen LogP contribution in [-0.2, 0) is 11.3 Å². The van der Waals surface area contributed by atoms with Crippen molar-refractivity contribution < 1.29 is 9.72 Å². The van der Waals surface area contributed by atoms with Crippen molar-refractivity contribution in [3.8, 4) is 0 Å². The van der Waals surface area contributed by atoms with Gasteiger partial charge in [0, 0.05) is 12.1 Å². The number of nitro groups is 1. The number of carbonyl (C=O) groups excluding carboxylic acids is 1. The Morgan fingerprint density at radius 1 is 1.74 bits per heavy atom. The van der Waals surface area contributed by atoms with Gasteiger partial charge in [-0.05, 0) is 31.2 Å². The molecule has 1 amide bonds. The van der Waals surface area contributed by atoms with Gasteiger partial charge in [-0.1, -0.05) is 0 Å². The fourth-order valence-electron chi connectivity index (χ4n) is 2.18. The predicted molar refractivity (Wildman–Crippen MR) is 67.5 cm³/mol. The number of hydrogen-bond donors (Lipinski definition) is 2. The highest BCUT2D eigenvalue weighted by molar-refractivity contribution is 5.76. The van der Waals surface area contributed by atoms with Gasteiger partial charge in [0.05, 0.1) is 17.4 Å². The second kappa shape index (κ2) is 5.79. The molecule has 0 saturated carbocycles. The number of nitrogens with zero attached hydrogens (tertiary/aromatic N) is 3. The van der Waals surface area contributed by atoms with Gasteiger partial charge in [-0.2, -0.15) is 4.68 Å². The van der Waals surface area contributed by atoms with Gasteiger partial charge in [-0.25, -0.2) is 0 Å². The summed E-state index contributed by atoms with van der Waals surface area (Å²) >= 11 is 0. The van der Waals surface area contributed by atoms with Crippen LogP contribution < -0.4 is 10.6 Å². The van der Waals surface area contributed by atoms with Gasteiger partial charge in [-0.3, -0.25) is 4.79 Å². The summed E-state index contributed by atoms with van der Waals surface area (Å²) in [7, 11) is 0. The van der Waals surface area contributed by atoms with E-state index in [4.69, 9.17) is 0 Å². The van der Waals surface area contributed by atoms with Crippen molar-refractivity contribution in [1.82, 2.24) is 20.4 Å². The number of hydrogen-bond acceptors (Lipinski definition) is 5. The molecule has 1 fully saturated rings. The first kappa shape index (κ1) is 13.5. The van der Waals surface area contributed by atoms with Crippen LogP contribution in [0.15, 0.2) is 12.3 Å². The molecule has 19 heavy (non-hydrogen) atoms. The molecule has 0 radical (unpaired) electrons. The minimum absolute atomic E-state index is 0.00292. The SMILES string of the molecule is CC1NCCCC1NC(=O)Cn1ccc([N+](=O)[O-])n1. The van der Waals surface area contributed by atoms with Crippen LogP contribution in [0.3, 0.4) is 0 Å². The van der Waals surface area contributed by atoms with E-state index in [1.165, 1.54) is 16.9 Å². The molecule has 1 saturated heterocycles. The topological polar surface area (TPSA) is 102 Å². The molecule has 0 aromatic carbocycles. The molecule has 1 aromatic heterocycles. The highest BCUT2D eigenvalue weighted by Crippen LogP contribution is 2.08. The van der Waals surface area contributed by atoms with Crippen LogP contribution in [0.2, 0.25) is 0 Å². The number of nitrogens with one attached hydrogen (secondary N) is 2. The minimum Gasteiger partial charge on any atom is -0.358 e. The van der Waals surface area contributed by atoms with Crippen LogP contribution in [-0.4, -0.2) is 39.2 Å². The molecule has 2 unspecified atom stereocenters. The van der Waals surface area contributed by atoms with E-state index in [2.05, 4.69) is 15.7 Å². The first-order valence-corrected chi connectivity index (χ1v) is 6.27. The number of piperidine rings is 1. The molecule has 2 atom stereocenters. The summed E-state index contributed by atoms with van der Waals surface area (Å²) in [6, 6.07) is 1.62. The van der Waals surface area contributed by atoms with Crippen LogP contribution in [0, 0.1) is 10.1 Å². The fraction of sp³-hybridized carbons (Fsp3) is 0.636. The quantitative estimate of drug-likeness (QED) is 0.592. The third-order valence-electron chi connectivity index (χ3n) is 3.23. The van der Waals surface area contributed by atoms with Gasteiger partial charge in [0.25, 0.3) is 0 Å². The first-order chi connectivity index (χ1) is 9.06. The third kappa shape index (κ3) is 3.50. The molecule has 1 aliphatic heterocycles. The lowest BCUT2D eigenvalue weighted by atomic mass is 10.00. The number of aromatic nitrogens is 2. The van der Waals surface area contributed by atoms with Crippen molar-refractivity contribution >= 4 is 11.7 Å². The average molecular weight is 267 g/mol. The molecular formula is C11H17N5O3. The summed E-state index contributed by atoms with van der Waals surface area (Å²) in [4.78, 5) is 21.7. The Kier molecular flexibility index (Phi) is 4.10. The van der Waals surface area contributed by atoms with E-state index in [0.29, 0.717) is 0 Å². The molecule has 8 nitrogen and oxygen atoms in total. The Balaban J connectivity index is 1.87. The second-order valence-electron chi connectivity index (χ2n) is 4.69. The zero-order valence-corrected chi connectivity index (χ0v) is 10.7. The van der Waals surface area contributed by atoms with Gasteiger partial charge in [-0.15, -0.1) is 0 Å². The van der Waals surface area contributed by atoms with E-state index < -0.39 is 4.92 Å². The van der Waals surface area contributed by atoms with Crippen molar-refractivity contribution in [2.75, 3.05) is 6.54 Å². The molecule has 1 aromatic rings. The van der Waals surface area contributed by atoms with Gasteiger partial charge < -0.3 is 20.7 Å². The van der Waals surface area contributed by atoms with E-state index in [-0.39, 0.29) is 30.4 Å². The maximum atomic E-state index is 11.8. The lowest BCUT2D eigenvalue weighted by Crippen LogP contribution is -2.52. The second-order valence-corrected chi connectivity index (χ2v) is 4.69. The normalized spacial score (nSPS) is 23.0. The number of amides is 1. The molecule has 0 spiro atoms. The monoisotopic (exact) mass is 267 g/mol. The lowest BCUT2D eigenvalue weighted by Gasteiger charge is -2.30. The van der Waals surface area contributed by atoms with Gasteiger partial charge >= 0.3 is 5.82 Å². The summed E-state index contributed by atoms with van der Waals surface area (Å²) in [5.41, 5.74) is 0. The van der Waals surface area contributed by atoms with Crippen molar-refractivity contribution in [3.63, 3.8) is 0 Å². The standard InChI is InChI=1S/C11H17N5O3/c1-8-9(3-2-5-12-8)13-11(17)7-15-6-4-10(14-15)16(18)19/h4,6,8-9,12H,2-3,5,7H2,1H3,(H,13,17). The summed E-state index contributed by atoms with van der Waals surface area (Å²) in [6.45, 7) is 3.00. The fourth-order valence-corrected chi connectivity index (χ4v) is 2.18. The highest BCUT2D eigenvalue weighted by atomic mass is 16.6. The lowest BCUT2D eigenvalue weighted by molar-refractivity contribution is -0.389. The van der Waals surface area contributed by atoms with E-state index in [1.807, 2.05) is 6.92 Å². The summed E-state index contributed by atoms with van der Waals surface area (Å²) in [5, 5.41) is 20.4. The number of carbonyl (C=O) groups is 1. The van der Waals surface area contributed by atoms with Crippen LogP contribution in [0.25, 0.3) is 0 Å². The Labute approximate surface area is 110 Å². The molecule has 104 valence electrons. The molecule has 2 rings (SSSR count). The van der Waals surface area contributed by atoms with Crippen molar-refractivity contribution in [2.45, 2.75) is 38.4 Å². The smallest absolute Gasteiger partial charge is 0.358 e. The molecule has 1 aliphatic rings. The van der Waals surface area contributed by atoms with Crippen LogP contribution in [0.5, 0.6) is 0 Å². The Bertz CT molecular complexity index is 473. The summed E-state index contributed by atoms with van der Waals surface area (Å²) in [5.74, 6) is -0.431. The van der Waals surface area contributed by atoms with E-state index >= 15 is 0 Å². The molecule has 2 N–H and O–H groups in total. The Morgan fingerprint density at radius 2 is 2.53 bits per heavy atom. The van der Waals surface area contributed by atoms with Crippen molar-refractivity contribution in [2.24, 2.45) is 0 Å². The van der Waals surface area contributed by atoms with E-state index in [0.717, 1.165) is 19.4 Å². The first-order valence-electron chi connectivity index (χ1n) is 6.27. The Morgan fingerprint density at radius 3 is 3.16 bits per heavy atom. The van der Waals surface area contributed by atoms with Crippen LogP contribution in [0.1, 0.15) is 19.8 Å². The average Bonchev–Trinajstić information content (AvgIpc) is 2.80. The van der Waals surface area contributed by atoms with Crippen molar-refractivity contribution in [3.05, 3.63) is 22.4 Å². The molecular weight excluding hydrogens is 250 g/mol. The largest absolute Gasteiger partial charge is 0.389 e. The molecule has 0 bridgehead atoms. The molecule has 0 aliphatic carbocycles. The van der Waals surface area contributed by atoms with Crippen molar-refractivity contribution in [1.29, 1.82) is 0 Å². The van der Waals surface area contributed by atoms with Gasteiger partial charge in [0.2, 0.25) is 5.91 Å². The molecule has 2 heterocycles. The maximum absolute atomic E-state index is 11.8. The zero-order valence-electron chi connectivity index (χ0n) is 10.7. The van der Waals surface area contributed by atoms with Gasteiger partial charge in [0.1, 0.15) is 6.54 Å². The third-order valence-corrected chi connectivity index (χ3v) is 3.23. The van der Waals surface area contributed by atoms with E-state index in [1.54, 1.807) is 0 Å². The highest BCUT2D eigenvalue weighted by Gasteiger charge is 2.23. The molecule has 8 heteroatoms. The maximum Gasteiger partial charge on any atom is 0.389 e. The van der Waals surface area contributed by atoms with E-state index in [9.17, 15) is 14.9 Å². The van der Waals surface area contributed by atoms with Crippen LogP contribution >= 0.6 is 0 Å². The van der Waals surface area contributed by atoms with Gasteiger partial charge in [0.15, 0.2) is 0 Å². The summed E-state index contributed by atoms with van der Waals surface area (Å²) < 4.78 is 1.27.